The lowest BCUT2D eigenvalue weighted by molar-refractivity contribution is 0.496. The number of fused-ring (bicyclic) bond motifs is 3. The number of hydrogen-bond donors (Lipinski definition) is 1. The molecule has 1 fully saturated rings. The van der Waals surface area contributed by atoms with E-state index in [2.05, 4.69) is 24.2 Å². The lowest BCUT2D eigenvalue weighted by Crippen LogP contribution is -2.31. The molecule has 138 valence electrons. The molecule has 0 aromatic heterocycles. The molecule has 0 radical (unpaired) electrons. The lowest BCUT2D eigenvalue weighted by atomic mass is 9.89. The maximum atomic E-state index is 13.2. The van der Waals surface area contributed by atoms with Gasteiger partial charge < -0.3 is 10.2 Å². The van der Waals surface area contributed by atoms with E-state index in [9.17, 15) is 12.8 Å². The number of nitrogens with zero attached hydrogens (tertiary/aromatic N) is 1. The topological polar surface area (TPSA) is 49.4 Å². The number of sulfone groups is 1. The van der Waals surface area contributed by atoms with Gasteiger partial charge in [-0.2, -0.15) is 0 Å². The summed E-state index contributed by atoms with van der Waals surface area (Å²) in [6.45, 7) is 3.15. The van der Waals surface area contributed by atoms with Gasteiger partial charge >= 0.3 is 0 Å². The van der Waals surface area contributed by atoms with E-state index in [0.29, 0.717) is 18.0 Å². The third kappa shape index (κ3) is 2.81. The van der Waals surface area contributed by atoms with Crippen LogP contribution in [0.5, 0.6) is 0 Å². The van der Waals surface area contributed by atoms with Gasteiger partial charge in [0.1, 0.15) is 5.82 Å². The van der Waals surface area contributed by atoms with Gasteiger partial charge in [0.2, 0.25) is 9.84 Å². The molecule has 4 nitrogen and oxygen atoms in total. The second kappa shape index (κ2) is 6.35. The normalized spacial score (nSPS) is 25.5. The standard InChI is InChI=1S/C20H23FN2O2S/c1-13-11-17-18-12-16(26(24,25)15-5-3-14(21)4-6-15)7-8-19(18)23(2)20(17)9-10-22-13/h3-8,12-13,17,20,22H,9-11H2,1-2H3/t13?,17-,20-/m0/s1. The van der Waals surface area contributed by atoms with Gasteiger partial charge in [0.25, 0.3) is 0 Å². The van der Waals surface area contributed by atoms with Crippen molar-refractivity contribution in [1.82, 2.24) is 5.32 Å². The molecule has 6 heteroatoms. The van der Waals surface area contributed by atoms with E-state index in [1.54, 1.807) is 6.07 Å². The van der Waals surface area contributed by atoms with Crippen molar-refractivity contribution in [1.29, 1.82) is 0 Å². The molecule has 1 N–H and O–H groups in total. The molecule has 1 unspecified atom stereocenters. The highest BCUT2D eigenvalue weighted by molar-refractivity contribution is 7.91. The summed E-state index contributed by atoms with van der Waals surface area (Å²) < 4.78 is 39.1. The first-order valence-electron chi connectivity index (χ1n) is 8.99. The first kappa shape index (κ1) is 17.5. The van der Waals surface area contributed by atoms with Crippen molar-refractivity contribution < 1.29 is 12.8 Å². The van der Waals surface area contributed by atoms with Crippen molar-refractivity contribution in [2.24, 2.45) is 0 Å². The van der Waals surface area contributed by atoms with Crippen LogP contribution < -0.4 is 10.2 Å². The zero-order valence-electron chi connectivity index (χ0n) is 14.9. The van der Waals surface area contributed by atoms with Gasteiger partial charge in [0.05, 0.1) is 9.79 Å². The van der Waals surface area contributed by atoms with Crippen molar-refractivity contribution >= 4 is 15.5 Å². The summed E-state index contributed by atoms with van der Waals surface area (Å²) >= 11 is 0. The third-order valence-electron chi connectivity index (χ3n) is 5.72. The molecule has 2 aromatic rings. The lowest BCUT2D eigenvalue weighted by Gasteiger charge is -2.25. The monoisotopic (exact) mass is 374 g/mol. The largest absolute Gasteiger partial charge is 0.371 e. The first-order chi connectivity index (χ1) is 12.4. The van der Waals surface area contributed by atoms with Crippen molar-refractivity contribution in [3.8, 4) is 0 Å². The van der Waals surface area contributed by atoms with Gasteiger partial charge in [0.15, 0.2) is 0 Å². The Kier molecular flexibility index (Phi) is 4.28. The molecule has 4 rings (SSSR count). The number of hydrogen-bond acceptors (Lipinski definition) is 4. The molecule has 2 aromatic carbocycles. The van der Waals surface area contributed by atoms with E-state index < -0.39 is 15.7 Å². The second-order valence-corrected chi connectivity index (χ2v) is 9.29. The van der Waals surface area contributed by atoms with Crippen LogP contribution in [-0.4, -0.2) is 34.1 Å². The van der Waals surface area contributed by atoms with E-state index >= 15 is 0 Å². The maximum absolute atomic E-state index is 13.2. The van der Waals surface area contributed by atoms with Gasteiger partial charge in [-0.1, -0.05) is 0 Å². The summed E-state index contributed by atoms with van der Waals surface area (Å²) in [4.78, 5) is 2.69. The van der Waals surface area contributed by atoms with E-state index in [1.807, 2.05) is 12.1 Å². The molecule has 3 atom stereocenters. The number of halogens is 1. The fourth-order valence-electron chi connectivity index (χ4n) is 4.34. The average molecular weight is 374 g/mol. The van der Waals surface area contributed by atoms with Gasteiger partial charge in [-0.25, -0.2) is 12.8 Å². The SMILES string of the molecule is CC1C[C@H]2c3cc(S(=O)(=O)c4ccc(F)cc4)ccc3N(C)[C@H]2CCN1. The Morgan fingerprint density at radius 3 is 2.54 bits per heavy atom. The average Bonchev–Trinajstić information content (AvgIpc) is 2.76. The van der Waals surface area contributed by atoms with Crippen molar-refractivity contribution in [2.45, 2.75) is 47.6 Å². The predicted molar refractivity (Wildman–Crippen MR) is 99.9 cm³/mol. The summed E-state index contributed by atoms with van der Waals surface area (Å²) in [5.74, 6) is -0.120. The van der Waals surface area contributed by atoms with Crippen LogP contribution >= 0.6 is 0 Å². The van der Waals surface area contributed by atoms with Crippen LogP contribution in [0.2, 0.25) is 0 Å². The number of rotatable bonds is 2. The van der Waals surface area contributed by atoms with Crippen LogP contribution in [-0.2, 0) is 9.84 Å². The third-order valence-corrected chi connectivity index (χ3v) is 7.48. The fourth-order valence-corrected chi connectivity index (χ4v) is 5.64. The zero-order chi connectivity index (χ0) is 18.5. The van der Waals surface area contributed by atoms with Crippen LogP contribution in [0.1, 0.15) is 31.2 Å². The highest BCUT2D eigenvalue weighted by Gasteiger charge is 2.39. The summed E-state index contributed by atoms with van der Waals surface area (Å²) in [6, 6.07) is 11.2. The minimum absolute atomic E-state index is 0.123. The Bertz CT molecular complexity index is 927. The molecule has 1 saturated heterocycles. The van der Waals surface area contributed by atoms with Crippen LogP contribution in [0.4, 0.5) is 10.1 Å². The molecule has 26 heavy (non-hydrogen) atoms. The Labute approximate surface area is 153 Å². The molecule has 0 amide bonds. The molecular weight excluding hydrogens is 351 g/mol. The van der Waals surface area contributed by atoms with Crippen molar-refractivity contribution in [3.63, 3.8) is 0 Å². The quantitative estimate of drug-likeness (QED) is 0.819. The van der Waals surface area contributed by atoms with Gasteiger partial charge in [-0.3, -0.25) is 0 Å². The molecule has 0 spiro atoms. The summed E-state index contributed by atoms with van der Waals surface area (Å²) in [7, 11) is -1.57. The van der Waals surface area contributed by atoms with E-state index in [1.165, 1.54) is 24.3 Å². The van der Waals surface area contributed by atoms with Gasteiger partial charge in [0, 0.05) is 30.7 Å². The fraction of sp³-hybridized carbons (Fsp3) is 0.400. The highest BCUT2D eigenvalue weighted by atomic mass is 32.2. The Morgan fingerprint density at radius 2 is 1.81 bits per heavy atom. The molecule has 2 aliphatic heterocycles. The Morgan fingerprint density at radius 1 is 1.12 bits per heavy atom. The number of anilines is 1. The van der Waals surface area contributed by atoms with Crippen LogP contribution in [0, 0.1) is 5.82 Å². The Balaban J connectivity index is 1.77. The number of benzene rings is 2. The van der Waals surface area contributed by atoms with Crippen LogP contribution in [0.25, 0.3) is 0 Å². The Hall–Kier alpha value is -1.92. The minimum Gasteiger partial charge on any atom is -0.371 e. The molecule has 0 bridgehead atoms. The van der Waals surface area contributed by atoms with Crippen molar-refractivity contribution in [2.75, 3.05) is 18.5 Å². The molecule has 0 aliphatic carbocycles. The van der Waals surface area contributed by atoms with Gasteiger partial charge in [-0.15, -0.1) is 0 Å². The van der Waals surface area contributed by atoms with Crippen LogP contribution in [0.15, 0.2) is 52.3 Å². The van der Waals surface area contributed by atoms with Crippen molar-refractivity contribution in [3.05, 3.63) is 53.8 Å². The minimum atomic E-state index is -3.66. The highest BCUT2D eigenvalue weighted by Crippen LogP contribution is 2.45. The number of likely N-dealkylation sites (N-methyl/N-ethyl adjacent to an activating group) is 1. The van der Waals surface area contributed by atoms with Gasteiger partial charge in [-0.05, 0) is 74.3 Å². The molecular formula is C20H23FN2O2S. The van der Waals surface area contributed by atoms with E-state index in [-0.39, 0.29) is 9.79 Å². The summed E-state index contributed by atoms with van der Waals surface area (Å²) in [6.07, 6.45) is 2.03. The van der Waals surface area contributed by atoms with E-state index in [0.717, 1.165) is 30.6 Å². The molecule has 0 saturated carbocycles. The number of nitrogens with one attached hydrogen (secondary N) is 1. The summed E-state index contributed by atoms with van der Waals surface area (Å²) in [5, 5.41) is 3.52. The molecule has 2 aliphatic rings. The first-order valence-corrected chi connectivity index (χ1v) is 10.5. The zero-order valence-corrected chi connectivity index (χ0v) is 15.8. The molecule has 2 heterocycles. The summed E-state index contributed by atoms with van der Waals surface area (Å²) in [5.41, 5.74) is 2.23. The predicted octanol–water partition coefficient (Wildman–Crippen LogP) is 3.33. The van der Waals surface area contributed by atoms with E-state index in [4.69, 9.17) is 0 Å². The van der Waals surface area contributed by atoms with Crippen LogP contribution in [0.3, 0.4) is 0 Å². The maximum Gasteiger partial charge on any atom is 0.206 e. The second-order valence-electron chi connectivity index (χ2n) is 7.34. The smallest absolute Gasteiger partial charge is 0.206 e.